The van der Waals surface area contributed by atoms with Crippen LogP contribution in [0.4, 0.5) is 0 Å². The van der Waals surface area contributed by atoms with E-state index in [1.54, 1.807) is 38.1 Å². The molecule has 1 aromatic rings. The number of benzene rings is 1. The number of phenolic OH excluding ortho intramolecular Hbond substituents is 1. The summed E-state index contributed by atoms with van der Waals surface area (Å²) in [6.07, 6.45) is 9.26. The molecule has 0 aromatic heterocycles. The Morgan fingerprint density at radius 2 is 2.05 bits per heavy atom. The molecule has 2 rings (SSSR count). The van der Waals surface area contributed by atoms with Gasteiger partial charge in [0.25, 0.3) is 0 Å². The SMILES string of the molecule is CO/N=C/C=C/C(=O)N/C=C/CC1CC(=O)OC(C)/C=C/C(O)/C(C)=C\Cc2cccc(O)c2C(=O)O1. The second-order valence-corrected chi connectivity index (χ2v) is 8.16. The molecule has 1 heterocycles. The molecule has 0 fully saturated rings. The largest absolute Gasteiger partial charge is 0.507 e. The summed E-state index contributed by atoms with van der Waals surface area (Å²) in [5, 5.41) is 26.7. The highest BCUT2D eigenvalue weighted by Crippen LogP contribution is 2.25. The van der Waals surface area contributed by atoms with Crippen molar-refractivity contribution in [3.8, 4) is 5.75 Å². The second-order valence-electron chi connectivity index (χ2n) is 8.16. The van der Waals surface area contributed by atoms with Crippen LogP contribution in [0.3, 0.4) is 0 Å². The summed E-state index contributed by atoms with van der Waals surface area (Å²) in [6.45, 7) is 3.38. The van der Waals surface area contributed by atoms with Gasteiger partial charge in [-0.2, -0.15) is 0 Å². The number of ether oxygens (including phenoxy) is 2. The number of aliphatic hydroxyl groups is 1. The van der Waals surface area contributed by atoms with Gasteiger partial charge in [0.2, 0.25) is 5.91 Å². The normalized spacial score (nSPS) is 23.9. The number of nitrogens with one attached hydrogen (secondary N) is 1. The van der Waals surface area contributed by atoms with Gasteiger partial charge in [0.05, 0.1) is 18.7 Å². The number of fused-ring (bicyclic) bond motifs is 1. The molecule has 3 N–H and O–H groups in total. The third kappa shape index (κ3) is 10.1. The van der Waals surface area contributed by atoms with Crippen molar-refractivity contribution in [1.29, 1.82) is 0 Å². The zero-order valence-electron chi connectivity index (χ0n) is 21.0. The molecule has 0 saturated heterocycles. The van der Waals surface area contributed by atoms with Gasteiger partial charge >= 0.3 is 11.9 Å². The van der Waals surface area contributed by atoms with Crippen LogP contribution >= 0.6 is 0 Å². The first-order chi connectivity index (χ1) is 17.7. The van der Waals surface area contributed by atoms with Gasteiger partial charge in [0.15, 0.2) is 0 Å². The fraction of sp³-hybridized carbons (Fsp3) is 0.333. The number of amides is 1. The maximum atomic E-state index is 13.1. The standard InChI is InChI=1S/C27H32N2O8/c1-18-11-13-20-7-4-9-23(31)26(20)27(34)37-21(17-25(33)36-19(2)12-14-22(18)30)8-5-15-28-24(32)10-6-16-29-35-3/h4-7,9-12,14-16,19,21-22,30-31H,8,13,17H2,1-3H3,(H,28,32)/b10-6+,14-12+,15-5+,18-11-,29-16+. The van der Waals surface area contributed by atoms with Gasteiger partial charge in [-0.25, -0.2) is 4.79 Å². The first-order valence-electron chi connectivity index (χ1n) is 11.6. The number of hydrogen-bond donors (Lipinski definition) is 3. The van der Waals surface area contributed by atoms with E-state index in [-0.39, 0.29) is 30.6 Å². The lowest BCUT2D eigenvalue weighted by Gasteiger charge is -2.18. The number of cyclic esters (lactones) is 2. The lowest BCUT2D eigenvalue weighted by molar-refractivity contribution is -0.148. The highest BCUT2D eigenvalue weighted by atomic mass is 16.6. The second kappa shape index (κ2) is 15.0. The molecule has 3 unspecified atom stereocenters. The van der Waals surface area contributed by atoms with E-state index in [4.69, 9.17) is 9.47 Å². The van der Waals surface area contributed by atoms with Gasteiger partial charge < -0.3 is 29.8 Å². The number of hydrogen-bond acceptors (Lipinski definition) is 9. The Morgan fingerprint density at radius 3 is 2.81 bits per heavy atom. The number of carbonyl (C=O) groups excluding carboxylic acids is 3. The van der Waals surface area contributed by atoms with Crippen molar-refractivity contribution in [2.45, 2.75) is 51.4 Å². The Kier molecular flexibility index (Phi) is 11.8. The Bertz CT molecular complexity index is 1100. The molecule has 37 heavy (non-hydrogen) atoms. The molecule has 1 aromatic carbocycles. The predicted octanol–water partition coefficient (Wildman–Crippen LogP) is 2.87. The number of esters is 2. The maximum Gasteiger partial charge on any atom is 0.342 e. The summed E-state index contributed by atoms with van der Waals surface area (Å²) in [5.41, 5.74) is 1.09. The van der Waals surface area contributed by atoms with E-state index in [1.165, 1.54) is 49.9 Å². The lowest BCUT2D eigenvalue weighted by atomic mass is 10.0. The van der Waals surface area contributed by atoms with E-state index < -0.39 is 36.2 Å². The van der Waals surface area contributed by atoms with Crippen molar-refractivity contribution < 1.29 is 38.9 Å². The third-order valence-electron chi connectivity index (χ3n) is 5.24. The molecule has 0 spiro atoms. The number of aromatic hydroxyl groups is 1. The van der Waals surface area contributed by atoms with Gasteiger partial charge in [-0.05, 0) is 49.6 Å². The maximum absolute atomic E-state index is 13.1. The Hall–Kier alpha value is -4.18. The van der Waals surface area contributed by atoms with E-state index >= 15 is 0 Å². The number of phenols is 1. The van der Waals surface area contributed by atoms with Crippen molar-refractivity contribution in [2.24, 2.45) is 5.16 Å². The monoisotopic (exact) mass is 512 g/mol. The lowest BCUT2D eigenvalue weighted by Crippen LogP contribution is -2.25. The highest BCUT2D eigenvalue weighted by molar-refractivity contribution is 5.94. The predicted molar refractivity (Wildman–Crippen MR) is 137 cm³/mol. The van der Waals surface area contributed by atoms with E-state index in [0.29, 0.717) is 11.1 Å². The third-order valence-corrected chi connectivity index (χ3v) is 5.24. The van der Waals surface area contributed by atoms with Crippen LogP contribution in [0.5, 0.6) is 5.75 Å². The van der Waals surface area contributed by atoms with Crippen molar-refractivity contribution in [3.05, 3.63) is 77.6 Å². The zero-order valence-corrected chi connectivity index (χ0v) is 21.0. The number of nitrogens with zero attached hydrogens (tertiary/aromatic N) is 1. The van der Waals surface area contributed by atoms with Gasteiger partial charge in [-0.3, -0.25) is 9.59 Å². The van der Waals surface area contributed by atoms with Crippen LogP contribution in [0.15, 0.2) is 71.6 Å². The van der Waals surface area contributed by atoms with Gasteiger partial charge in [-0.15, -0.1) is 0 Å². The molecule has 10 heteroatoms. The highest BCUT2D eigenvalue weighted by Gasteiger charge is 2.24. The van der Waals surface area contributed by atoms with Gasteiger partial charge in [0.1, 0.15) is 30.6 Å². The van der Waals surface area contributed by atoms with Crippen molar-refractivity contribution in [2.75, 3.05) is 7.11 Å². The number of allylic oxidation sites excluding steroid dienone is 2. The first-order valence-corrected chi connectivity index (χ1v) is 11.6. The Labute approximate surface area is 215 Å². The van der Waals surface area contributed by atoms with E-state index in [2.05, 4.69) is 15.3 Å². The first kappa shape index (κ1) is 29.1. The summed E-state index contributed by atoms with van der Waals surface area (Å²) < 4.78 is 10.9. The zero-order chi connectivity index (χ0) is 27.2. The minimum Gasteiger partial charge on any atom is -0.507 e. The summed E-state index contributed by atoms with van der Waals surface area (Å²) in [6, 6.07) is 4.65. The summed E-state index contributed by atoms with van der Waals surface area (Å²) in [7, 11) is 1.38. The molecule has 198 valence electrons. The van der Waals surface area contributed by atoms with Crippen LogP contribution in [-0.2, 0) is 30.3 Å². The number of aliphatic hydroxyl groups excluding tert-OH is 1. The van der Waals surface area contributed by atoms with E-state index in [0.717, 1.165) is 0 Å². The molecule has 10 nitrogen and oxygen atoms in total. The Balaban J connectivity index is 2.25. The molecular formula is C27H32N2O8. The van der Waals surface area contributed by atoms with Crippen molar-refractivity contribution in [1.82, 2.24) is 5.32 Å². The van der Waals surface area contributed by atoms with Crippen molar-refractivity contribution in [3.63, 3.8) is 0 Å². The minimum atomic E-state index is -0.936. The molecule has 0 saturated carbocycles. The fourth-order valence-electron chi connectivity index (χ4n) is 3.30. The topological polar surface area (TPSA) is 144 Å². The Morgan fingerprint density at radius 1 is 1.27 bits per heavy atom. The van der Waals surface area contributed by atoms with Gasteiger partial charge in [0, 0.05) is 18.7 Å². The number of rotatable bonds is 6. The van der Waals surface area contributed by atoms with Crippen LogP contribution in [0.25, 0.3) is 0 Å². The van der Waals surface area contributed by atoms with Crippen LogP contribution < -0.4 is 5.32 Å². The van der Waals surface area contributed by atoms with Crippen LogP contribution in [0.1, 0.15) is 42.6 Å². The molecule has 1 aliphatic rings. The van der Waals surface area contributed by atoms with E-state index in [1.807, 2.05) is 0 Å². The molecular weight excluding hydrogens is 480 g/mol. The fourth-order valence-corrected chi connectivity index (χ4v) is 3.30. The van der Waals surface area contributed by atoms with Crippen LogP contribution in [0.2, 0.25) is 0 Å². The molecule has 1 aliphatic heterocycles. The quantitative estimate of drug-likeness (QED) is 0.174. The van der Waals surface area contributed by atoms with Crippen LogP contribution in [-0.4, -0.2) is 59.7 Å². The minimum absolute atomic E-state index is 0.0293. The van der Waals surface area contributed by atoms with Crippen molar-refractivity contribution >= 4 is 24.1 Å². The molecule has 0 bridgehead atoms. The molecule has 0 aliphatic carbocycles. The summed E-state index contributed by atoms with van der Waals surface area (Å²) in [4.78, 5) is 41.9. The molecule has 0 radical (unpaired) electrons. The summed E-state index contributed by atoms with van der Waals surface area (Å²) in [5.74, 6) is -2.12. The number of oxime groups is 1. The smallest absolute Gasteiger partial charge is 0.342 e. The van der Waals surface area contributed by atoms with Crippen LogP contribution in [0, 0.1) is 0 Å². The summed E-state index contributed by atoms with van der Waals surface area (Å²) >= 11 is 0. The number of carbonyl (C=O) groups is 3. The molecule has 3 atom stereocenters. The van der Waals surface area contributed by atoms with E-state index in [9.17, 15) is 24.6 Å². The average molecular weight is 513 g/mol. The average Bonchev–Trinajstić information content (AvgIpc) is 2.85. The van der Waals surface area contributed by atoms with Gasteiger partial charge in [-0.1, -0.05) is 35.5 Å². The molecule has 1 amide bonds.